The molecule has 0 unspecified atom stereocenters. The minimum Gasteiger partial charge on any atom is -0.476 e. The zero-order valence-corrected chi connectivity index (χ0v) is 12.3. The van der Waals surface area contributed by atoms with Gasteiger partial charge in [0.1, 0.15) is 0 Å². The van der Waals surface area contributed by atoms with Crippen LogP contribution in [0.3, 0.4) is 0 Å². The Morgan fingerprint density at radius 1 is 0.920 bits per heavy atom. The van der Waals surface area contributed by atoms with Gasteiger partial charge in [0.05, 0.1) is 4.88 Å². The molecule has 0 spiro atoms. The molecule has 0 aliphatic carbocycles. The molecule has 0 amide bonds. The van der Waals surface area contributed by atoms with Crippen molar-refractivity contribution in [3.8, 4) is 10.4 Å². The van der Waals surface area contributed by atoms with E-state index in [1.807, 2.05) is 0 Å². The van der Waals surface area contributed by atoms with Gasteiger partial charge in [-0.05, 0) is 0 Å². The zero-order chi connectivity index (χ0) is 19.4. The number of alkyl halides is 6. The number of hydrogen-bond donors (Lipinski definition) is 2. The van der Waals surface area contributed by atoms with E-state index in [-0.39, 0.29) is 10.6 Å². The van der Waals surface area contributed by atoms with Gasteiger partial charge in [-0.1, -0.05) is 0 Å². The molecule has 0 aliphatic heterocycles. The summed E-state index contributed by atoms with van der Waals surface area (Å²) in [6.45, 7) is 0. The minimum atomic E-state index is -5.08. The molecule has 0 bridgehead atoms. The Kier molecular flexibility index (Phi) is 6.01. The van der Waals surface area contributed by atoms with E-state index in [1.165, 1.54) is 6.20 Å². The van der Waals surface area contributed by atoms with Gasteiger partial charge >= 0.3 is 24.3 Å². The summed E-state index contributed by atoms with van der Waals surface area (Å²) in [6, 6.07) is 0. The number of hydrogen-bond acceptors (Lipinski definition) is 6. The average Bonchev–Trinajstić information content (AvgIpc) is 2.96. The third-order valence-corrected chi connectivity index (χ3v) is 3.16. The lowest BCUT2D eigenvalue weighted by Gasteiger charge is -2.03. The van der Waals surface area contributed by atoms with Crippen molar-refractivity contribution in [2.45, 2.75) is 12.4 Å². The van der Waals surface area contributed by atoms with E-state index in [4.69, 9.17) is 15.0 Å². The van der Waals surface area contributed by atoms with Crippen molar-refractivity contribution in [3.05, 3.63) is 29.4 Å². The number of halogens is 6. The molecule has 0 fully saturated rings. The van der Waals surface area contributed by atoms with Crippen molar-refractivity contribution < 1.29 is 46.1 Å². The largest absolute Gasteiger partial charge is 0.490 e. The van der Waals surface area contributed by atoms with Crippen LogP contribution >= 0.6 is 11.3 Å². The maximum absolute atomic E-state index is 12.2. The molecular weight excluding hydrogens is 384 g/mol. The number of aromatic nitrogens is 3. The fourth-order valence-electron chi connectivity index (χ4n) is 1.11. The van der Waals surface area contributed by atoms with Crippen LogP contribution < -0.4 is 0 Å². The number of carboxylic acids is 2. The molecule has 0 aliphatic rings. The Morgan fingerprint density at radius 2 is 1.40 bits per heavy atom. The van der Waals surface area contributed by atoms with E-state index >= 15 is 0 Å². The predicted molar refractivity (Wildman–Crippen MR) is 68.8 cm³/mol. The molecule has 2 rings (SSSR count). The molecule has 0 saturated carbocycles. The normalized spacial score (nSPS) is 11.4. The van der Waals surface area contributed by atoms with Crippen LogP contribution in [0, 0.1) is 0 Å². The summed E-state index contributed by atoms with van der Waals surface area (Å²) in [6.07, 6.45) is -6.47. The first-order valence-corrected chi connectivity index (χ1v) is 6.53. The molecule has 2 heterocycles. The summed E-state index contributed by atoms with van der Waals surface area (Å²) < 4.78 is 68.4. The predicted octanol–water partition coefficient (Wildman–Crippen LogP) is 2.95. The molecule has 2 aromatic heterocycles. The van der Waals surface area contributed by atoms with E-state index in [0.717, 1.165) is 23.7 Å². The Labute approximate surface area is 137 Å². The number of carbonyl (C=O) groups is 2. The summed E-state index contributed by atoms with van der Waals surface area (Å²) in [5.74, 6) is -5.19. The van der Waals surface area contributed by atoms with Crippen LogP contribution in [0.1, 0.15) is 15.6 Å². The SMILES string of the molecule is O=C(O)C(F)(F)F.O=C(O)c1ncc(-c2cnc(C(F)(F)F)nc2)s1. The highest BCUT2D eigenvalue weighted by Gasteiger charge is 2.38. The fourth-order valence-corrected chi connectivity index (χ4v) is 1.84. The molecule has 2 N–H and O–H groups in total. The van der Waals surface area contributed by atoms with Gasteiger partial charge in [0.2, 0.25) is 10.8 Å². The van der Waals surface area contributed by atoms with Crippen LogP contribution in [0.15, 0.2) is 18.6 Å². The van der Waals surface area contributed by atoms with Crippen molar-refractivity contribution in [3.63, 3.8) is 0 Å². The summed E-state index contributed by atoms with van der Waals surface area (Å²) >= 11 is 0.836. The van der Waals surface area contributed by atoms with Crippen LogP contribution in [0.25, 0.3) is 10.4 Å². The Bertz CT molecular complexity index is 756. The first kappa shape index (κ1) is 20.3. The Hall–Kier alpha value is -2.77. The molecule has 0 atom stereocenters. The highest BCUT2D eigenvalue weighted by atomic mass is 32.1. The van der Waals surface area contributed by atoms with Crippen molar-refractivity contribution in [2.24, 2.45) is 0 Å². The molecule has 2 aromatic rings. The first-order valence-electron chi connectivity index (χ1n) is 5.71. The molecule has 136 valence electrons. The number of rotatable bonds is 2. The van der Waals surface area contributed by atoms with Crippen LogP contribution in [0.4, 0.5) is 26.3 Å². The van der Waals surface area contributed by atoms with E-state index in [2.05, 4.69) is 15.0 Å². The number of thiazole rings is 1. The third-order valence-electron chi connectivity index (χ3n) is 2.12. The van der Waals surface area contributed by atoms with Crippen LogP contribution in [0.2, 0.25) is 0 Å². The zero-order valence-electron chi connectivity index (χ0n) is 11.5. The van der Waals surface area contributed by atoms with Gasteiger partial charge in [-0.25, -0.2) is 24.5 Å². The van der Waals surface area contributed by atoms with Crippen molar-refractivity contribution in [2.75, 3.05) is 0 Å². The van der Waals surface area contributed by atoms with Crippen LogP contribution in [-0.2, 0) is 11.0 Å². The molecule has 14 heteroatoms. The Morgan fingerprint density at radius 3 is 1.72 bits per heavy atom. The molecule has 0 radical (unpaired) electrons. The smallest absolute Gasteiger partial charge is 0.476 e. The molecule has 0 saturated heterocycles. The number of carboxylic acid groups (broad SMARTS) is 2. The third kappa shape index (κ3) is 5.98. The number of nitrogens with zero attached hydrogens (tertiary/aromatic N) is 3. The molecule has 25 heavy (non-hydrogen) atoms. The highest BCUT2D eigenvalue weighted by Crippen LogP contribution is 2.28. The quantitative estimate of drug-likeness (QED) is 0.759. The second-order valence-corrected chi connectivity index (χ2v) is 4.96. The summed E-state index contributed by atoms with van der Waals surface area (Å²) in [5, 5.41) is 15.6. The van der Waals surface area contributed by atoms with Crippen LogP contribution in [0.5, 0.6) is 0 Å². The van der Waals surface area contributed by atoms with E-state index < -0.39 is 30.1 Å². The highest BCUT2D eigenvalue weighted by molar-refractivity contribution is 7.16. The van der Waals surface area contributed by atoms with Gasteiger partial charge in [0.15, 0.2) is 0 Å². The summed E-state index contributed by atoms with van der Waals surface area (Å²) in [5.41, 5.74) is 0.285. The van der Waals surface area contributed by atoms with Gasteiger partial charge in [-0.15, -0.1) is 11.3 Å². The van der Waals surface area contributed by atoms with Gasteiger partial charge in [0, 0.05) is 24.2 Å². The minimum absolute atomic E-state index is 0.148. The Balaban J connectivity index is 0.000000381. The molecule has 0 aromatic carbocycles. The molecular formula is C11H5F6N3O4S. The maximum Gasteiger partial charge on any atom is 0.490 e. The van der Waals surface area contributed by atoms with Crippen LogP contribution in [-0.4, -0.2) is 43.3 Å². The van der Waals surface area contributed by atoms with E-state index in [0.29, 0.717) is 4.88 Å². The first-order chi connectivity index (χ1) is 11.3. The second kappa shape index (κ2) is 7.42. The lowest BCUT2D eigenvalue weighted by molar-refractivity contribution is -0.192. The topological polar surface area (TPSA) is 113 Å². The van der Waals surface area contributed by atoms with E-state index in [1.54, 1.807) is 0 Å². The van der Waals surface area contributed by atoms with Gasteiger partial charge in [-0.3, -0.25) is 0 Å². The number of aliphatic carboxylic acids is 1. The molecule has 7 nitrogen and oxygen atoms in total. The van der Waals surface area contributed by atoms with Gasteiger partial charge < -0.3 is 10.2 Å². The lowest BCUT2D eigenvalue weighted by atomic mass is 10.3. The van der Waals surface area contributed by atoms with Crippen molar-refractivity contribution >= 4 is 23.3 Å². The fraction of sp³-hybridized carbons (Fsp3) is 0.182. The second-order valence-electron chi connectivity index (χ2n) is 3.93. The van der Waals surface area contributed by atoms with Gasteiger partial charge in [0.25, 0.3) is 0 Å². The summed E-state index contributed by atoms with van der Waals surface area (Å²) in [4.78, 5) is 29.8. The van der Waals surface area contributed by atoms with Crippen molar-refractivity contribution in [1.82, 2.24) is 15.0 Å². The number of aromatic carboxylic acids is 1. The monoisotopic (exact) mass is 389 g/mol. The van der Waals surface area contributed by atoms with Gasteiger partial charge in [-0.2, -0.15) is 26.3 Å². The average molecular weight is 389 g/mol. The maximum atomic E-state index is 12.2. The van der Waals surface area contributed by atoms with E-state index in [9.17, 15) is 31.1 Å². The van der Waals surface area contributed by atoms with Crippen molar-refractivity contribution in [1.29, 1.82) is 0 Å². The lowest BCUT2D eigenvalue weighted by Crippen LogP contribution is -2.21. The summed E-state index contributed by atoms with van der Waals surface area (Å²) in [7, 11) is 0. The standard InChI is InChI=1S/C9H4F3N3O2S.C2HF3O2/c10-9(11,12)8-14-1-4(2-15-8)5-3-13-6(18-5)7(16)17;3-2(4,5)1(6)7/h1-3H,(H,16,17);(H,6,7).